The highest BCUT2D eigenvalue weighted by molar-refractivity contribution is 5.95. The molecule has 1 unspecified atom stereocenters. The monoisotopic (exact) mass is 316 g/mol. The molecule has 0 radical (unpaired) electrons. The van der Waals surface area contributed by atoms with Crippen LogP contribution in [0.5, 0.6) is 0 Å². The smallest absolute Gasteiger partial charge is 0.228 e. The maximum Gasteiger partial charge on any atom is 0.228 e. The summed E-state index contributed by atoms with van der Waals surface area (Å²) in [6.07, 6.45) is 5.52. The summed E-state index contributed by atoms with van der Waals surface area (Å²) in [5.41, 5.74) is 3.49. The summed E-state index contributed by atoms with van der Waals surface area (Å²) in [6.45, 7) is 11.5. The summed E-state index contributed by atoms with van der Waals surface area (Å²) < 4.78 is 0. The molecule has 0 aromatic heterocycles. The van der Waals surface area contributed by atoms with Gasteiger partial charge >= 0.3 is 0 Å². The van der Waals surface area contributed by atoms with Gasteiger partial charge in [0.1, 0.15) is 0 Å². The number of aryl methyl sites for hydroxylation is 2. The fourth-order valence-corrected chi connectivity index (χ4v) is 3.88. The number of rotatable bonds is 6. The molecule has 0 spiro atoms. The van der Waals surface area contributed by atoms with Crippen molar-refractivity contribution in [2.24, 2.45) is 0 Å². The van der Waals surface area contributed by atoms with Gasteiger partial charge in [-0.1, -0.05) is 31.5 Å². The van der Waals surface area contributed by atoms with Gasteiger partial charge in [0.25, 0.3) is 0 Å². The number of piperidine rings is 1. The predicted octanol–water partition coefficient (Wildman–Crippen LogP) is 4.31. The van der Waals surface area contributed by atoms with E-state index in [0.717, 1.165) is 31.7 Å². The summed E-state index contributed by atoms with van der Waals surface area (Å²) in [5, 5.41) is 0. The number of benzene rings is 1. The third-order valence-corrected chi connectivity index (χ3v) is 5.00. The minimum atomic E-state index is 0.276. The predicted molar refractivity (Wildman–Crippen MR) is 98.1 cm³/mol. The second-order valence-electron chi connectivity index (χ2n) is 6.77. The lowest BCUT2D eigenvalue weighted by molar-refractivity contribution is -0.120. The van der Waals surface area contributed by atoms with E-state index < -0.39 is 0 Å². The van der Waals surface area contributed by atoms with Crippen molar-refractivity contribution >= 4 is 11.6 Å². The molecule has 0 aliphatic carbocycles. The first-order chi connectivity index (χ1) is 11.1. The molecular weight excluding hydrogens is 284 g/mol. The molecule has 0 saturated carbocycles. The van der Waals surface area contributed by atoms with E-state index in [-0.39, 0.29) is 5.91 Å². The summed E-state index contributed by atoms with van der Waals surface area (Å²) >= 11 is 0. The molecule has 3 nitrogen and oxygen atoms in total. The molecule has 1 aromatic rings. The van der Waals surface area contributed by atoms with Crippen LogP contribution in [0.4, 0.5) is 5.69 Å². The van der Waals surface area contributed by atoms with Crippen molar-refractivity contribution < 1.29 is 4.79 Å². The number of amides is 1. The zero-order valence-electron chi connectivity index (χ0n) is 15.3. The molecule has 0 N–H and O–H groups in total. The lowest BCUT2D eigenvalue weighted by Crippen LogP contribution is -2.44. The van der Waals surface area contributed by atoms with Crippen molar-refractivity contribution in [1.82, 2.24) is 4.90 Å². The van der Waals surface area contributed by atoms with Gasteiger partial charge in [-0.25, -0.2) is 0 Å². The maximum atomic E-state index is 13.0. The number of likely N-dealkylation sites (tertiary alicyclic amines) is 1. The van der Waals surface area contributed by atoms with Crippen LogP contribution in [0.25, 0.3) is 0 Å². The number of nitrogens with zero attached hydrogens (tertiary/aromatic N) is 2. The fourth-order valence-electron chi connectivity index (χ4n) is 3.88. The number of anilines is 1. The number of para-hydroxylation sites is 1. The highest BCUT2D eigenvalue weighted by Crippen LogP contribution is 2.27. The van der Waals surface area contributed by atoms with E-state index in [0.29, 0.717) is 12.5 Å². The lowest BCUT2D eigenvalue weighted by Gasteiger charge is -2.36. The number of hydrogen-bond acceptors (Lipinski definition) is 2. The summed E-state index contributed by atoms with van der Waals surface area (Å²) in [7, 11) is 0. The van der Waals surface area contributed by atoms with E-state index >= 15 is 0 Å². The van der Waals surface area contributed by atoms with Crippen LogP contribution in [0.3, 0.4) is 0 Å². The van der Waals surface area contributed by atoms with Gasteiger partial charge in [0.2, 0.25) is 5.91 Å². The molecule has 1 heterocycles. The largest absolute Gasteiger partial charge is 0.312 e. The van der Waals surface area contributed by atoms with Crippen molar-refractivity contribution in [2.75, 3.05) is 24.5 Å². The average molecular weight is 316 g/mol. The van der Waals surface area contributed by atoms with E-state index in [4.69, 9.17) is 0 Å². The minimum Gasteiger partial charge on any atom is -0.312 e. The van der Waals surface area contributed by atoms with Crippen LogP contribution in [0.1, 0.15) is 57.1 Å². The van der Waals surface area contributed by atoms with Crippen LogP contribution in [0, 0.1) is 13.8 Å². The zero-order valence-corrected chi connectivity index (χ0v) is 15.3. The van der Waals surface area contributed by atoms with E-state index in [2.05, 4.69) is 50.8 Å². The number of hydrogen-bond donors (Lipinski definition) is 0. The Hall–Kier alpha value is -1.35. The topological polar surface area (TPSA) is 23.6 Å². The van der Waals surface area contributed by atoms with Crippen molar-refractivity contribution in [3.63, 3.8) is 0 Å². The third-order valence-electron chi connectivity index (χ3n) is 5.00. The quantitative estimate of drug-likeness (QED) is 0.780. The van der Waals surface area contributed by atoms with Crippen LogP contribution in [-0.4, -0.2) is 36.5 Å². The van der Waals surface area contributed by atoms with Crippen molar-refractivity contribution in [3.05, 3.63) is 29.3 Å². The van der Waals surface area contributed by atoms with Gasteiger partial charge < -0.3 is 4.90 Å². The van der Waals surface area contributed by atoms with Gasteiger partial charge in [-0.15, -0.1) is 0 Å². The van der Waals surface area contributed by atoms with Crippen LogP contribution < -0.4 is 4.90 Å². The Morgan fingerprint density at radius 3 is 2.52 bits per heavy atom. The third kappa shape index (κ3) is 4.35. The van der Waals surface area contributed by atoms with E-state index in [1.807, 2.05) is 4.90 Å². The van der Waals surface area contributed by atoms with Crippen molar-refractivity contribution in [3.8, 4) is 0 Å². The van der Waals surface area contributed by atoms with Gasteiger partial charge in [0.05, 0.1) is 0 Å². The van der Waals surface area contributed by atoms with Crippen molar-refractivity contribution in [1.29, 1.82) is 0 Å². The Morgan fingerprint density at radius 1 is 1.22 bits per heavy atom. The van der Waals surface area contributed by atoms with Crippen LogP contribution in [0.15, 0.2) is 18.2 Å². The molecule has 0 bridgehead atoms. The van der Waals surface area contributed by atoms with Crippen LogP contribution in [-0.2, 0) is 4.79 Å². The molecular formula is C20H32N2O. The molecule has 1 atom stereocenters. The van der Waals surface area contributed by atoms with Gasteiger partial charge in [-0.3, -0.25) is 9.69 Å². The molecule has 3 heteroatoms. The fraction of sp³-hybridized carbons (Fsp3) is 0.650. The average Bonchev–Trinajstić information content (AvgIpc) is 2.53. The first-order valence-electron chi connectivity index (χ1n) is 9.19. The second kappa shape index (κ2) is 8.49. The standard InChI is InChI=1S/C20H32N2O/c1-5-13-21-14-8-7-12-18(21)15-19(23)22(6-2)20-16(3)10-9-11-17(20)4/h9-11,18H,5-8,12-15H2,1-4H3. The molecule has 1 aliphatic rings. The molecule has 1 fully saturated rings. The molecule has 2 rings (SSSR count). The number of carbonyl (C=O) groups excluding carboxylic acids is 1. The highest BCUT2D eigenvalue weighted by Gasteiger charge is 2.27. The molecule has 128 valence electrons. The van der Waals surface area contributed by atoms with E-state index in [1.54, 1.807) is 0 Å². The van der Waals surface area contributed by atoms with Crippen LogP contribution in [0.2, 0.25) is 0 Å². The second-order valence-corrected chi connectivity index (χ2v) is 6.77. The Kier molecular flexibility index (Phi) is 6.64. The molecule has 1 amide bonds. The van der Waals surface area contributed by atoms with Gasteiger partial charge in [-0.2, -0.15) is 0 Å². The van der Waals surface area contributed by atoms with Gasteiger partial charge in [0, 0.05) is 24.7 Å². The molecule has 23 heavy (non-hydrogen) atoms. The minimum absolute atomic E-state index is 0.276. The molecule has 1 aliphatic heterocycles. The summed E-state index contributed by atoms with van der Waals surface area (Å²) in [4.78, 5) is 17.5. The Morgan fingerprint density at radius 2 is 1.91 bits per heavy atom. The summed E-state index contributed by atoms with van der Waals surface area (Å²) in [6, 6.07) is 6.69. The first kappa shape index (κ1) is 18.0. The molecule has 1 saturated heterocycles. The highest BCUT2D eigenvalue weighted by atomic mass is 16.2. The number of carbonyl (C=O) groups is 1. The van der Waals surface area contributed by atoms with Crippen molar-refractivity contribution in [2.45, 2.75) is 65.8 Å². The van der Waals surface area contributed by atoms with E-state index in [1.165, 1.54) is 30.4 Å². The van der Waals surface area contributed by atoms with Gasteiger partial charge in [0.15, 0.2) is 0 Å². The maximum absolute atomic E-state index is 13.0. The normalized spacial score (nSPS) is 18.9. The Labute approximate surface area is 141 Å². The Balaban J connectivity index is 2.13. The molecule has 1 aromatic carbocycles. The first-order valence-corrected chi connectivity index (χ1v) is 9.19. The lowest BCUT2D eigenvalue weighted by atomic mass is 9.98. The SMILES string of the molecule is CCCN1CCCCC1CC(=O)N(CC)c1c(C)cccc1C. The van der Waals surface area contributed by atoms with Crippen LogP contribution >= 0.6 is 0 Å². The van der Waals surface area contributed by atoms with Gasteiger partial charge in [-0.05, 0) is 64.3 Å². The summed E-state index contributed by atoms with van der Waals surface area (Å²) in [5.74, 6) is 0.276. The Bertz CT molecular complexity index is 504. The van der Waals surface area contributed by atoms with E-state index in [9.17, 15) is 4.79 Å². The zero-order chi connectivity index (χ0) is 16.8.